The van der Waals surface area contributed by atoms with Crippen molar-refractivity contribution >= 4 is 92.7 Å². The fourth-order valence-corrected chi connectivity index (χ4v) is 14.2. The number of fused-ring (bicyclic) bond motifs is 16. The Morgan fingerprint density at radius 2 is 0.330 bits per heavy atom. The van der Waals surface area contributed by atoms with Gasteiger partial charge in [-0.1, -0.05) is 179 Å². The summed E-state index contributed by atoms with van der Waals surface area (Å²) >= 11 is 0. The van der Waals surface area contributed by atoms with E-state index < -0.39 is 0 Å². The Morgan fingerprint density at radius 3 is 0.524 bits per heavy atom. The second-order valence-corrected chi connectivity index (χ2v) is 26.7. The second kappa shape index (κ2) is 27.6. The molecule has 11 heteroatoms. The van der Waals surface area contributed by atoms with Gasteiger partial charge in [-0.15, -0.1) is 0 Å². The quantitative estimate of drug-likeness (QED) is 0.119. The predicted molar refractivity (Wildman–Crippen MR) is 425 cm³/mol. The van der Waals surface area contributed by atoms with Crippen molar-refractivity contribution in [1.82, 2.24) is 49.8 Å². The summed E-state index contributed by atoms with van der Waals surface area (Å²) in [7, 11) is 0. The largest absolute Gasteiger partial charge is 2.00 e. The van der Waals surface area contributed by atoms with Crippen LogP contribution in [0.4, 0.5) is 0 Å². The molecule has 6 aromatic carbocycles. The van der Waals surface area contributed by atoms with Gasteiger partial charge in [0.05, 0.1) is 45.6 Å². The van der Waals surface area contributed by atoms with Gasteiger partial charge < -0.3 is 19.9 Å². The third-order valence-corrected chi connectivity index (χ3v) is 19.5. The molecule has 0 unspecified atom stereocenters. The Bertz CT molecular complexity index is 5450. The molecular formula is C92H70N10Pt+2. The van der Waals surface area contributed by atoms with Gasteiger partial charge >= 0.3 is 21.1 Å². The monoisotopic (exact) mass is 1510 g/mol. The van der Waals surface area contributed by atoms with Crippen LogP contribution in [0, 0.1) is 41.5 Å². The van der Waals surface area contributed by atoms with Gasteiger partial charge in [-0.25, -0.2) is 19.9 Å². The summed E-state index contributed by atoms with van der Waals surface area (Å²) in [6.07, 6.45) is 24.2. The van der Waals surface area contributed by atoms with E-state index in [9.17, 15) is 0 Å². The van der Waals surface area contributed by atoms with Crippen LogP contribution in [0.1, 0.15) is 78.9 Å². The molecule has 14 aromatic rings. The zero-order chi connectivity index (χ0) is 69.0. The van der Waals surface area contributed by atoms with Gasteiger partial charge in [0, 0.05) is 113 Å². The molecular weight excluding hydrogens is 1440 g/mol. The number of benzene rings is 6. The number of aryl methyl sites for hydroxylation is 6. The number of pyridine rings is 2. The number of nitrogens with zero attached hydrogens (tertiary/aromatic N) is 6. The van der Waals surface area contributed by atoms with Gasteiger partial charge in [0.15, 0.2) is 0 Å². The fourth-order valence-electron chi connectivity index (χ4n) is 14.2. The minimum absolute atomic E-state index is 0. The van der Waals surface area contributed by atoms with E-state index in [0.29, 0.717) is 0 Å². The van der Waals surface area contributed by atoms with Crippen molar-refractivity contribution in [2.75, 3.05) is 0 Å². The van der Waals surface area contributed by atoms with Gasteiger partial charge in [0.25, 0.3) is 0 Å². The molecule has 4 aliphatic heterocycles. The van der Waals surface area contributed by atoms with E-state index in [-0.39, 0.29) is 21.1 Å². The average molecular weight is 1510 g/mol. The molecule has 8 aromatic heterocycles. The molecule has 4 aliphatic rings. The van der Waals surface area contributed by atoms with Crippen molar-refractivity contribution in [3.8, 4) is 89.0 Å². The van der Waals surface area contributed by atoms with E-state index in [1.165, 1.54) is 33.4 Å². The van der Waals surface area contributed by atoms with Gasteiger partial charge in [0.2, 0.25) is 0 Å². The van der Waals surface area contributed by atoms with E-state index in [4.69, 9.17) is 19.9 Å². The van der Waals surface area contributed by atoms with Crippen LogP contribution >= 0.6 is 0 Å². The summed E-state index contributed by atoms with van der Waals surface area (Å²) < 4.78 is 0. The number of aromatic amines is 4. The summed E-state index contributed by atoms with van der Waals surface area (Å²) in [4.78, 5) is 45.4. The molecule has 0 saturated carbocycles. The fraction of sp³-hybridized carbons (Fsp3) is 0.0652. The SMILES string of the molecule is Cc1ccc(-c2c3nc(c(-c4ccncc4)c4nc(c(-c5ccc(C)cc5)c5ccc([nH]5)c(-c5ccc(C)cc5)c5ccc2[nH]5)C=C4)C=C3)cc1.Cc1ccc(-c2c3nc(c(-c4ccncc4)c4nc(c(-c5ccc(C)cc5)c5ccc([nH]5)c(-c5ccc(C)cc5)c5ccc2[nH]5)C=C4)C=C3)cc1.[Pt+2]. The van der Waals surface area contributed by atoms with Crippen LogP contribution in [0.5, 0.6) is 0 Å². The van der Waals surface area contributed by atoms with Gasteiger partial charge in [0.1, 0.15) is 0 Å². The Kier molecular flexibility index (Phi) is 17.4. The third kappa shape index (κ3) is 12.8. The first-order chi connectivity index (χ1) is 50.0. The first kappa shape index (κ1) is 65.1. The number of hydrogen-bond donors (Lipinski definition) is 4. The van der Waals surface area contributed by atoms with Crippen LogP contribution in [0.25, 0.3) is 182 Å². The standard InChI is InChI=1S/2C46H35N5.Pt/c2*1-28-4-10-31(11-5-28)43-35-16-18-37(48-35)44(32-12-6-29(2)7-13-32)39-20-22-41(50-39)46(34-24-26-47-27-25-34)42-23-21-40(51-42)45(38-19-17-36(43)49-38)33-14-8-30(3)9-15-33;/h2*4-27,48-49H,1-3H3;/q;;+2. The first-order valence-corrected chi connectivity index (χ1v) is 34.5. The maximum Gasteiger partial charge on any atom is 2.00 e. The van der Waals surface area contributed by atoms with Gasteiger partial charge in [-0.3, -0.25) is 9.97 Å². The summed E-state index contributed by atoms with van der Waals surface area (Å²) in [5, 5.41) is 0. The van der Waals surface area contributed by atoms with Crippen LogP contribution in [0.3, 0.4) is 0 Å². The van der Waals surface area contributed by atoms with Crippen molar-refractivity contribution < 1.29 is 21.1 Å². The minimum Gasteiger partial charge on any atom is -0.354 e. The van der Waals surface area contributed by atoms with Gasteiger partial charge in [-0.2, -0.15) is 0 Å². The van der Waals surface area contributed by atoms with E-state index in [0.717, 1.165) is 179 Å². The van der Waals surface area contributed by atoms with Crippen molar-refractivity contribution in [2.45, 2.75) is 41.5 Å². The van der Waals surface area contributed by atoms with E-state index >= 15 is 0 Å². The summed E-state index contributed by atoms with van der Waals surface area (Å²) in [6.45, 7) is 12.7. The normalized spacial score (nSPS) is 11.9. The number of rotatable bonds is 8. The Labute approximate surface area is 612 Å². The molecule has 0 amide bonds. The summed E-state index contributed by atoms with van der Waals surface area (Å²) in [5.74, 6) is 0. The molecule has 103 heavy (non-hydrogen) atoms. The zero-order valence-electron chi connectivity index (χ0n) is 57.7. The molecule has 12 heterocycles. The molecule has 4 N–H and O–H groups in total. The molecule has 0 atom stereocenters. The number of H-pyrrole nitrogens is 4. The maximum absolute atomic E-state index is 5.36. The maximum atomic E-state index is 5.36. The Morgan fingerprint density at radius 1 is 0.175 bits per heavy atom. The first-order valence-electron chi connectivity index (χ1n) is 34.5. The van der Waals surface area contributed by atoms with E-state index in [2.05, 4.69) is 314 Å². The van der Waals surface area contributed by atoms with Crippen LogP contribution in [-0.2, 0) is 21.1 Å². The molecule has 16 bridgehead atoms. The van der Waals surface area contributed by atoms with Crippen LogP contribution in [0.15, 0.2) is 243 Å². The molecule has 0 saturated heterocycles. The average Bonchev–Trinajstić information content (AvgIpc) is 1.63. The number of aromatic nitrogens is 10. The molecule has 496 valence electrons. The van der Waals surface area contributed by atoms with Crippen LogP contribution < -0.4 is 0 Å². The topological polar surface area (TPSA) is 140 Å². The van der Waals surface area contributed by atoms with E-state index in [1.807, 2.05) is 49.1 Å². The zero-order valence-corrected chi connectivity index (χ0v) is 60.0. The molecule has 10 nitrogen and oxygen atoms in total. The van der Waals surface area contributed by atoms with Crippen LogP contribution in [0.2, 0.25) is 0 Å². The Balaban J connectivity index is 0.000000158. The van der Waals surface area contributed by atoms with Crippen molar-refractivity contribution in [2.24, 2.45) is 0 Å². The molecule has 0 fully saturated rings. The van der Waals surface area contributed by atoms with Gasteiger partial charge in [-0.05, 0) is 207 Å². The number of nitrogens with one attached hydrogen (secondary N) is 4. The summed E-state index contributed by atoms with van der Waals surface area (Å²) in [6, 6.07) is 77.8. The molecule has 18 rings (SSSR count). The van der Waals surface area contributed by atoms with Crippen molar-refractivity contribution in [1.29, 1.82) is 0 Å². The predicted octanol–water partition coefficient (Wildman–Crippen LogP) is 23.3. The molecule has 0 spiro atoms. The third-order valence-electron chi connectivity index (χ3n) is 19.5. The van der Waals surface area contributed by atoms with E-state index in [1.54, 1.807) is 0 Å². The van der Waals surface area contributed by atoms with Crippen molar-refractivity contribution in [3.63, 3.8) is 0 Å². The smallest absolute Gasteiger partial charge is 0.354 e. The van der Waals surface area contributed by atoms with Crippen LogP contribution in [-0.4, -0.2) is 49.8 Å². The molecule has 0 radical (unpaired) electrons. The minimum atomic E-state index is 0. The number of hydrogen-bond acceptors (Lipinski definition) is 6. The Hall–Kier alpha value is -12.5. The second-order valence-electron chi connectivity index (χ2n) is 26.7. The molecule has 0 aliphatic carbocycles. The summed E-state index contributed by atoms with van der Waals surface area (Å²) in [5.41, 5.74) is 39.2. The van der Waals surface area contributed by atoms with Crippen molar-refractivity contribution in [3.05, 3.63) is 322 Å².